The van der Waals surface area contributed by atoms with E-state index in [4.69, 9.17) is 31.8 Å². The van der Waals surface area contributed by atoms with Gasteiger partial charge in [0.1, 0.15) is 17.1 Å². The number of rotatable bonds is 4. The number of piperidine rings is 1. The second kappa shape index (κ2) is 9.76. The van der Waals surface area contributed by atoms with E-state index in [9.17, 15) is 0 Å². The van der Waals surface area contributed by atoms with Crippen molar-refractivity contribution in [1.29, 1.82) is 0 Å². The maximum atomic E-state index is 6.31. The van der Waals surface area contributed by atoms with Crippen molar-refractivity contribution in [2.75, 3.05) is 32.2 Å². The van der Waals surface area contributed by atoms with Gasteiger partial charge in [0, 0.05) is 54.9 Å². The van der Waals surface area contributed by atoms with Gasteiger partial charge in [-0.15, -0.1) is 24.8 Å². The van der Waals surface area contributed by atoms with E-state index in [1.807, 2.05) is 22.9 Å². The summed E-state index contributed by atoms with van der Waals surface area (Å²) in [5.74, 6) is 1.25. The van der Waals surface area contributed by atoms with Gasteiger partial charge in [0.05, 0.1) is 24.9 Å². The summed E-state index contributed by atoms with van der Waals surface area (Å²) in [6.45, 7) is 1.96. The number of aromatic nitrogens is 2. The van der Waals surface area contributed by atoms with Crippen molar-refractivity contribution < 1.29 is 9.47 Å². The Bertz CT molecular complexity index is 972. The van der Waals surface area contributed by atoms with Crippen molar-refractivity contribution in [2.24, 2.45) is 5.73 Å². The second-order valence-electron chi connectivity index (χ2n) is 6.79. The molecule has 0 amide bonds. The van der Waals surface area contributed by atoms with Crippen LogP contribution in [0.4, 0.5) is 5.69 Å². The minimum atomic E-state index is 0. The van der Waals surface area contributed by atoms with Crippen molar-refractivity contribution in [1.82, 2.24) is 9.38 Å². The quantitative estimate of drug-likeness (QED) is 0.625. The van der Waals surface area contributed by atoms with Crippen molar-refractivity contribution >= 4 is 47.7 Å². The summed E-state index contributed by atoms with van der Waals surface area (Å²) in [6, 6.07) is 8.15. The van der Waals surface area contributed by atoms with Gasteiger partial charge in [0.15, 0.2) is 0 Å². The zero-order valence-electron chi connectivity index (χ0n) is 16.3. The Labute approximate surface area is 187 Å². The first-order chi connectivity index (χ1) is 13.1. The van der Waals surface area contributed by atoms with Crippen LogP contribution in [-0.4, -0.2) is 42.7 Å². The number of anilines is 1. The Hall–Kier alpha value is -1.86. The molecule has 158 valence electrons. The van der Waals surface area contributed by atoms with Crippen LogP contribution in [0.3, 0.4) is 0 Å². The van der Waals surface area contributed by atoms with Gasteiger partial charge in [-0.3, -0.25) is 0 Å². The molecule has 1 aliphatic rings. The van der Waals surface area contributed by atoms with Gasteiger partial charge in [0.2, 0.25) is 0 Å². The van der Waals surface area contributed by atoms with Gasteiger partial charge in [-0.2, -0.15) is 0 Å². The lowest BCUT2D eigenvalue weighted by Crippen LogP contribution is -2.39. The third-order valence-electron chi connectivity index (χ3n) is 5.10. The molecular formula is C20H25Cl3N4O2. The summed E-state index contributed by atoms with van der Waals surface area (Å²) in [6.07, 6.45) is 6.05. The molecule has 3 heterocycles. The van der Waals surface area contributed by atoms with Crippen LogP contribution in [0.25, 0.3) is 16.9 Å². The van der Waals surface area contributed by atoms with Crippen LogP contribution < -0.4 is 20.1 Å². The molecule has 2 N–H and O–H groups in total. The van der Waals surface area contributed by atoms with Crippen molar-refractivity contribution in [3.05, 3.63) is 41.7 Å². The minimum Gasteiger partial charge on any atom is -0.496 e. The largest absolute Gasteiger partial charge is 0.496 e. The van der Waals surface area contributed by atoms with E-state index in [1.54, 1.807) is 20.3 Å². The molecule has 6 nitrogen and oxygen atoms in total. The van der Waals surface area contributed by atoms with Crippen molar-refractivity contribution in [2.45, 2.75) is 18.9 Å². The number of pyridine rings is 1. The first kappa shape index (κ1) is 23.4. The standard InChI is InChI=1S/C20H23ClN4O2.2ClH/c1-26-18-11-19(27-2)16(21)10-15(18)17-12-25-8-5-14(9-20(25)23-17)24-6-3-13(22)4-7-24;;/h5,8-13H,3-4,6-7,22H2,1-2H3;2*1H. The van der Waals surface area contributed by atoms with Crippen LogP contribution in [-0.2, 0) is 0 Å². The topological polar surface area (TPSA) is 65.0 Å². The molecule has 1 aliphatic heterocycles. The van der Waals surface area contributed by atoms with Crippen molar-refractivity contribution in [3.63, 3.8) is 0 Å². The summed E-state index contributed by atoms with van der Waals surface area (Å²) in [5.41, 5.74) is 9.70. The average molecular weight is 460 g/mol. The van der Waals surface area contributed by atoms with E-state index < -0.39 is 0 Å². The van der Waals surface area contributed by atoms with Gasteiger partial charge in [-0.1, -0.05) is 11.6 Å². The van der Waals surface area contributed by atoms with Gasteiger partial charge in [-0.25, -0.2) is 4.98 Å². The fraction of sp³-hybridized carbons (Fsp3) is 0.350. The Morgan fingerprint density at radius 2 is 1.76 bits per heavy atom. The van der Waals surface area contributed by atoms with Crippen LogP contribution in [0.15, 0.2) is 36.7 Å². The van der Waals surface area contributed by atoms with Crippen LogP contribution in [0, 0.1) is 0 Å². The molecule has 0 spiro atoms. The summed E-state index contributed by atoms with van der Waals surface area (Å²) in [7, 11) is 3.21. The number of ether oxygens (including phenoxy) is 2. The molecule has 0 bridgehead atoms. The normalized spacial score (nSPS) is 14.3. The maximum Gasteiger partial charge on any atom is 0.141 e. The molecule has 1 fully saturated rings. The number of nitrogens with zero attached hydrogens (tertiary/aromatic N) is 3. The van der Waals surface area contributed by atoms with Gasteiger partial charge >= 0.3 is 0 Å². The first-order valence-corrected chi connectivity index (χ1v) is 9.38. The molecule has 0 saturated carbocycles. The smallest absolute Gasteiger partial charge is 0.141 e. The molecule has 4 rings (SSSR count). The molecule has 0 unspecified atom stereocenters. The number of benzene rings is 1. The summed E-state index contributed by atoms with van der Waals surface area (Å²) >= 11 is 6.31. The van der Waals surface area contributed by atoms with Gasteiger partial charge < -0.3 is 24.5 Å². The Balaban J connectivity index is 0.00000150. The zero-order valence-corrected chi connectivity index (χ0v) is 18.7. The Morgan fingerprint density at radius 3 is 2.41 bits per heavy atom. The van der Waals surface area contributed by atoms with Crippen LogP contribution in [0.1, 0.15) is 12.8 Å². The predicted octanol–water partition coefficient (Wildman–Crippen LogP) is 4.44. The maximum absolute atomic E-state index is 6.31. The number of methoxy groups -OCH3 is 2. The summed E-state index contributed by atoms with van der Waals surface area (Å²) < 4.78 is 12.8. The SMILES string of the molecule is COc1cc(OC)c(-c2cn3ccc(N4CCC(N)CC4)cc3n2)cc1Cl.Cl.Cl. The molecule has 1 saturated heterocycles. The number of halogens is 3. The van der Waals surface area contributed by atoms with E-state index in [0.29, 0.717) is 22.6 Å². The lowest BCUT2D eigenvalue weighted by atomic mass is 10.1. The molecule has 1 aromatic carbocycles. The fourth-order valence-electron chi connectivity index (χ4n) is 3.52. The second-order valence-corrected chi connectivity index (χ2v) is 7.20. The average Bonchev–Trinajstić information content (AvgIpc) is 3.11. The molecular weight excluding hydrogens is 435 g/mol. The third-order valence-corrected chi connectivity index (χ3v) is 5.39. The van der Waals surface area contributed by atoms with E-state index in [0.717, 1.165) is 42.8 Å². The highest BCUT2D eigenvalue weighted by atomic mass is 35.5. The molecule has 0 radical (unpaired) electrons. The minimum absolute atomic E-state index is 0. The van der Waals surface area contributed by atoms with Crippen molar-refractivity contribution in [3.8, 4) is 22.8 Å². The number of imidazole rings is 1. The number of nitrogens with two attached hydrogens (primary N) is 1. The molecule has 2 aromatic heterocycles. The summed E-state index contributed by atoms with van der Waals surface area (Å²) in [4.78, 5) is 7.15. The van der Waals surface area contributed by atoms with Gasteiger partial charge in [-0.05, 0) is 25.0 Å². The van der Waals surface area contributed by atoms with Gasteiger partial charge in [0.25, 0.3) is 0 Å². The highest BCUT2D eigenvalue weighted by Crippen LogP contribution is 2.38. The number of hydrogen-bond donors (Lipinski definition) is 1. The highest BCUT2D eigenvalue weighted by Gasteiger charge is 2.18. The lowest BCUT2D eigenvalue weighted by molar-refractivity contribution is 0.395. The van der Waals surface area contributed by atoms with E-state index in [1.165, 1.54) is 5.69 Å². The Kier molecular flexibility index (Phi) is 7.88. The Morgan fingerprint density at radius 1 is 1.07 bits per heavy atom. The van der Waals surface area contributed by atoms with Crippen LogP contribution >= 0.6 is 36.4 Å². The molecule has 3 aromatic rings. The molecule has 9 heteroatoms. The van der Waals surface area contributed by atoms with Crippen LogP contribution in [0.2, 0.25) is 5.02 Å². The predicted molar refractivity (Wildman–Crippen MR) is 123 cm³/mol. The zero-order chi connectivity index (χ0) is 19.0. The molecule has 0 aliphatic carbocycles. The lowest BCUT2D eigenvalue weighted by Gasteiger charge is -2.31. The third kappa shape index (κ3) is 4.67. The molecule has 29 heavy (non-hydrogen) atoms. The fourth-order valence-corrected chi connectivity index (χ4v) is 3.76. The monoisotopic (exact) mass is 458 g/mol. The van der Waals surface area contributed by atoms with E-state index in [-0.39, 0.29) is 24.8 Å². The first-order valence-electron chi connectivity index (χ1n) is 9.00. The highest BCUT2D eigenvalue weighted by molar-refractivity contribution is 6.32. The number of fused-ring (bicyclic) bond motifs is 1. The van der Waals surface area contributed by atoms with E-state index in [2.05, 4.69) is 17.0 Å². The van der Waals surface area contributed by atoms with Crippen LogP contribution in [0.5, 0.6) is 11.5 Å². The van der Waals surface area contributed by atoms with E-state index >= 15 is 0 Å². The number of hydrogen-bond acceptors (Lipinski definition) is 5. The molecule has 0 atom stereocenters. The summed E-state index contributed by atoms with van der Waals surface area (Å²) in [5, 5.41) is 0.524.